The van der Waals surface area contributed by atoms with Crippen molar-refractivity contribution >= 4 is 24.2 Å². The molecule has 0 aliphatic carbocycles. The maximum Gasteiger partial charge on any atom is 0.407 e. The topological polar surface area (TPSA) is 125 Å². The van der Waals surface area contributed by atoms with Crippen molar-refractivity contribution in [1.82, 2.24) is 10.6 Å². The average molecular weight is 375 g/mol. The van der Waals surface area contributed by atoms with Crippen molar-refractivity contribution in [2.24, 2.45) is 5.16 Å². The van der Waals surface area contributed by atoms with Crippen molar-refractivity contribution in [3.8, 4) is 0 Å². The van der Waals surface area contributed by atoms with Crippen LogP contribution < -0.4 is 10.6 Å². The summed E-state index contributed by atoms with van der Waals surface area (Å²) >= 11 is 0. The number of ether oxygens (including phenoxy) is 3. The molecule has 0 aliphatic rings. The highest BCUT2D eigenvalue weighted by molar-refractivity contribution is 5.79. The Hall–Kier alpha value is -2.36. The summed E-state index contributed by atoms with van der Waals surface area (Å²) in [5, 5.41) is 8.47. The second-order valence-corrected chi connectivity index (χ2v) is 5.03. The van der Waals surface area contributed by atoms with Gasteiger partial charge in [-0.2, -0.15) is 0 Å². The Morgan fingerprint density at radius 2 is 1.62 bits per heavy atom. The minimum atomic E-state index is -0.628. The van der Waals surface area contributed by atoms with Crippen molar-refractivity contribution in [1.29, 1.82) is 0 Å². The number of rotatable bonds is 14. The van der Waals surface area contributed by atoms with Gasteiger partial charge in [-0.15, -0.1) is 0 Å². The first kappa shape index (κ1) is 23.6. The van der Waals surface area contributed by atoms with E-state index in [9.17, 15) is 14.4 Å². The molecule has 0 aromatic heterocycles. The van der Waals surface area contributed by atoms with E-state index in [1.807, 2.05) is 0 Å². The molecule has 150 valence electrons. The lowest BCUT2D eigenvalue weighted by Gasteiger charge is -2.18. The predicted molar refractivity (Wildman–Crippen MR) is 94.1 cm³/mol. The number of hydrogen-bond donors (Lipinski definition) is 2. The molecule has 10 heteroatoms. The van der Waals surface area contributed by atoms with Crippen LogP contribution in [0.1, 0.15) is 33.6 Å². The molecule has 0 rings (SSSR count). The smallest absolute Gasteiger partial charge is 0.407 e. The molecule has 0 unspecified atom stereocenters. The van der Waals surface area contributed by atoms with Crippen molar-refractivity contribution in [3.63, 3.8) is 0 Å². The van der Waals surface area contributed by atoms with Crippen LogP contribution in [-0.4, -0.2) is 69.8 Å². The maximum atomic E-state index is 11.5. The number of ketones is 1. The molecule has 26 heavy (non-hydrogen) atoms. The molecule has 2 amide bonds. The quantitative estimate of drug-likeness (QED) is 0.266. The fraction of sp³-hybridized carbons (Fsp3) is 0.750. The lowest BCUT2D eigenvalue weighted by molar-refractivity contribution is -0.124. The number of hydrogen-bond acceptors (Lipinski definition) is 8. The number of carbonyl (C=O) groups is 3. The van der Waals surface area contributed by atoms with Gasteiger partial charge in [0.1, 0.15) is 19.3 Å². The van der Waals surface area contributed by atoms with E-state index in [0.29, 0.717) is 19.5 Å². The van der Waals surface area contributed by atoms with Gasteiger partial charge in [-0.3, -0.25) is 4.79 Å². The van der Waals surface area contributed by atoms with E-state index in [1.165, 1.54) is 6.21 Å². The molecule has 0 aromatic carbocycles. The second-order valence-electron chi connectivity index (χ2n) is 5.03. The van der Waals surface area contributed by atoms with E-state index in [4.69, 9.17) is 19.0 Å². The largest absolute Gasteiger partial charge is 0.447 e. The lowest BCUT2D eigenvalue weighted by atomic mass is 10.2. The Labute approximate surface area is 153 Å². The highest BCUT2D eigenvalue weighted by atomic mass is 16.6. The number of nitrogens with one attached hydrogen (secondary N) is 2. The van der Waals surface area contributed by atoms with E-state index in [1.54, 1.807) is 20.8 Å². The third-order valence-electron chi connectivity index (χ3n) is 2.80. The summed E-state index contributed by atoms with van der Waals surface area (Å²) in [5.41, 5.74) is 0. The van der Waals surface area contributed by atoms with Crippen molar-refractivity contribution in [2.75, 3.05) is 39.5 Å². The Bertz CT molecular complexity index is 422. The van der Waals surface area contributed by atoms with E-state index < -0.39 is 18.3 Å². The zero-order valence-corrected chi connectivity index (χ0v) is 15.6. The third-order valence-corrected chi connectivity index (χ3v) is 2.80. The van der Waals surface area contributed by atoms with Gasteiger partial charge in [-0.1, -0.05) is 5.16 Å². The summed E-state index contributed by atoms with van der Waals surface area (Å²) in [6, 6.07) is 0. The van der Waals surface area contributed by atoms with E-state index in [-0.39, 0.29) is 38.6 Å². The standard InChI is InChI=1S/C16H29N3O7/c1-4-17-15(21)24-11-14(12-25-16(22)18-5-2)23-9-7-8-13(20)10-26-19-6-3/h6,14H,4-5,7-12H2,1-3H3,(H,17,21)(H,18,22). The Balaban J connectivity index is 4.17. The Kier molecular flexibility index (Phi) is 14.7. The van der Waals surface area contributed by atoms with Crippen LogP contribution in [0.5, 0.6) is 0 Å². The van der Waals surface area contributed by atoms with Gasteiger partial charge in [0.05, 0.1) is 0 Å². The number of oxime groups is 1. The van der Waals surface area contributed by atoms with Crippen LogP contribution >= 0.6 is 0 Å². The van der Waals surface area contributed by atoms with Gasteiger partial charge in [0.25, 0.3) is 0 Å². The molecule has 0 aromatic rings. The van der Waals surface area contributed by atoms with Crippen LogP contribution in [0.25, 0.3) is 0 Å². The van der Waals surface area contributed by atoms with Gasteiger partial charge in [0, 0.05) is 32.3 Å². The normalized spacial score (nSPS) is 10.6. The van der Waals surface area contributed by atoms with Crippen LogP contribution in [0.15, 0.2) is 5.16 Å². The molecule has 2 N–H and O–H groups in total. The van der Waals surface area contributed by atoms with Crippen LogP contribution in [0.4, 0.5) is 9.59 Å². The van der Waals surface area contributed by atoms with E-state index >= 15 is 0 Å². The molecule has 0 saturated carbocycles. The fourth-order valence-corrected chi connectivity index (χ4v) is 1.65. The molecular weight excluding hydrogens is 346 g/mol. The molecule has 0 spiro atoms. The van der Waals surface area contributed by atoms with E-state index in [0.717, 1.165) is 0 Å². The number of alkyl carbamates (subject to hydrolysis) is 2. The van der Waals surface area contributed by atoms with Crippen LogP contribution in [0.3, 0.4) is 0 Å². The highest BCUT2D eigenvalue weighted by Gasteiger charge is 2.15. The number of carbonyl (C=O) groups excluding carboxylic acids is 3. The second kappa shape index (κ2) is 16.1. The number of nitrogens with zero attached hydrogens (tertiary/aromatic N) is 1. The van der Waals surface area contributed by atoms with Crippen molar-refractivity contribution in [2.45, 2.75) is 39.7 Å². The first-order chi connectivity index (χ1) is 12.5. The first-order valence-electron chi connectivity index (χ1n) is 8.57. The zero-order chi connectivity index (χ0) is 19.6. The molecular formula is C16H29N3O7. The summed E-state index contributed by atoms with van der Waals surface area (Å²) in [6.07, 6.45) is 0.378. The van der Waals surface area contributed by atoms with E-state index in [2.05, 4.69) is 15.8 Å². The predicted octanol–water partition coefficient (Wildman–Crippen LogP) is 1.24. The third kappa shape index (κ3) is 14.0. The molecule has 0 bridgehead atoms. The van der Waals surface area contributed by atoms with Crippen LogP contribution in [0, 0.1) is 0 Å². The van der Waals surface area contributed by atoms with Crippen molar-refractivity contribution < 1.29 is 33.4 Å². The molecule has 0 saturated heterocycles. The first-order valence-corrected chi connectivity index (χ1v) is 8.57. The van der Waals surface area contributed by atoms with Crippen LogP contribution in [-0.2, 0) is 23.8 Å². The van der Waals surface area contributed by atoms with Gasteiger partial charge < -0.3 is 29.7 Å². The van der Waals surface area contributed by atoms with Gasteiger partial charge >= 0.3 is 12.2 Å². The highest BCUT2D eigenvalue weighted by Crippen LogP contribution is 2.01. The lowest BCUT2D eigenvalue weighted by Crippen LogP contribution is -2.34. The zero-order valence-electron chi connectivity index (χ0n) is 15.6. The molecule has 0 fully saturated rings. The summed E-state index contributed by atoms with van der Waals surface area (Å²) in [6.45, 7) is 6.09. The molecule has 0 aliphatic heterocycles. The van der Waals surface area contributed by atoms with Gasteiger partial charge in [0.15, 0.2) is 12.4 Å². The molecule has 0 heterocycles. The minimum Gasteiger partial charge on any atom is -0.447 e. The Morgan fingerprint density at radius 1 is 1.04 bits per heavy atom. The maximum absolute atomic E-state index is 11.5. The van der Waals surface area contributed by atoms with Gasteiger partial charge in [0.2, 0.25) is 0 Å². The fourth-order valence-electron chi connectivity index (χ4n) is 1.65. The van der Waals surface area contributed by atoms with Crippen LogP contribution in [0.2, 0.25) is 0 Å². The average Bonchev–Trinajstić information content (AvgIpc) is 2.61. The molecule has 0 atom stereocenters. The number of amides is 2. The monoisotopic (exact) mass is 375 g/mol. The SMILES string of the molecule is CC=NOCC(=O)CCCOC(COC(=O)NCC)COC(=O)NCC. The summed E-state index contributed by atoms with van der Waals surface area (Å²) in [7, 11) is 0. The summed E-state index contributed by atoms with van der Waals surface area (Å²) in [5.74, 6) is -0.104. The molecule has 10 nitrogen and oxygen atoms in total. The molecule has 0 radical (unpaired) electrons. The summed E-state index contributed by atoms with van der Waals surface area (Å²) < 4.78 is 15.5. The van der Waals surface area contributed by atoms with Gasteiger partial charge in [-0.05, 0) is 27.2 Å². The summed E-state index contributed by atoms with van der Waals surface area (Å²) in [4.78, 5) is 39.0. The van der Waals surface area contributed by atoms with Gasteiger partial charge in [-0.25, -0.2) is 9.59 Å². The minimum absolute atomic E-state index is 0.0759. The number of Topliss-reactive ketones (excluding diaryl/α,β-unsaturated/α-hetero) is 1. The Morgan fingerprint density at radius 3 is 2.12 bits per heavy atom. The van der Waals surface area contributed by atoms with Crippen molar-refractivity contribution in [3.05, 3.63) is 0 Å².